The number of methoxy groups -OCH3 is 1. The Bertz CT molecular complexity index is 620. The molecule has 162 valence electrons. The van der Waals surface area contributed by atoms with Crippen LogP contribution in [0.5, 0.6) is 0 Å². The summed E-state index contributed by atoms with van der Waals surface area (Å²) in [5, 5.41) is 3.46. The normalized spacial score (nSPS) is 20.3. The minimum atomic E-state index is 0.567. The van der Waals surface area contributed by atoms with Gasteiger partial charge in [-0.05, 0) is 31.0 Å². The van der Waals surface area contributed by atoms with Gasteiger partial charge in [-0.1, -0.05) is 12.1 Å². The highest BCUT2D eigenvalue weighted by molar-refractivity contribution is 7.99. The molecule has 29 heavy (non-hydrogen) atoms. The van der Waals surface area contributed by atoms with Crippen molar-refractivity contribution >= 4 is 23.4 Å². The highest BCUT2D eigenvalue weighted by Crippen LogP contribution is 2.21. The average Bonchev–Trinajstić information content (AvgIpc) is 3.24. The highest BCUT2D eigenvalue weighted by Gasteiger charge is 2.25. The van der Waals surface area contributed by atoms with Gasteiger partial charge in [0.25, 0.3) is 0 Å². The van der Waals surface area contributed by atoms with Crippen molar-refractivity contribution in [2.75, 3.05) is 76.1 Å². The number of nitrogens with zero attached hydrogens (tertiary/aromatic N) is 3. The molecular formula is C22H36N4O2S. The summed E-state index contributed by atoms with van der Waals surface area (Å²) in [6.45, 7) is 10.2. The van der Waals surface area contributed by atoms with Crippen LogP contribution >= 0.6 is 11.8 Å². The number of hydrogen-bond donors (Lipinski definition) is 1. The topological polar surface area (TPSA) is 49.3 Å². The molecule has 0 spiro atoms. The van der Waals surface area contributed by atoms with E-state index in [4.69, 9.17) is 14.5 Å². The Morgan fingerprint density at radius 3 is 2.69 bits per heavy atom. The lowest BCUT2D eigenvalue weighted by molar-refractivity contribution is 0.0536. The summed E-state index contributed by atoms with van der Waals surface area (Å²) >= 11 is 2.05. The third-order valence-electron chi connectivity index (χ3n) is 5.43. The molecular weight excluding hydrogens is 384 g/mol. The van der Waals surface area contributed by atoms with Gasteiger partial charge < -0.3 is 24.6 Å². The van der Waals surface area contributed by atoms with E-state index in [-0.39, 0.29) is 0 Å². The van der Waals surface area contributed by atoms with Gasteiger partial charge in [0.05, 0.1) is 26.4 Å². The average molecular weight is 421 g/mol. The maximum Gasteiger partial charge on any atom is 0.194 e. The van der Waals surface area contributed by atoms with Crippen molar-refractivity contribution in [1.82, 2.24) is 10.2 Å². The Labute approximate surface area is 180 Å². The first-order valence-electron chi connectivity index (χ1n) is 10.8. The van der Waals surface area contributed by atoms with Crippen molar-refractivity contribution in [2.24, 2.45) is 10.9 Å². The van der Waals surface area contributed by atoms with Crippen molar-refractivity contribution < 1.29 is 9.47 Å². The summed E-state index contributed by atoms with van der Waals surface area (Å²) < 4.78 is 10.8. The minimum absolute atomic E-state index is 0.567. The number of anilines is 1. The van der Waals surface area contributed by atoms with E-state index in [1.54, 1.807) is 7.11 Å². The standard InChI is InChI=1S/C22H36N4O2S/c1-3-23-22(26-9-8-20(17-26)18-28-13-12-27-2)24-16-19-4-6-21(7-5-19)25-10-14-29-15-11-25/h4-7,20H,3,8-18H2,1-2H3,(H,23,24). The second kappa shape index (κ2) is 12.3. The third-order valence-corrected chi connectivity index (χ3v) is 6.37. The van der Waals surface area contributed by atoms with E-state index < -0.39 is 0 Å². The van der Waals surface area contributed by atoms with Crippen LogP contribution in [0, 0.1) is 5.92 Å². The maximum atomic E-state index is 5.72. The fourth-order valence-electron chi connectivity index (χ4n) is 3.78. The quantitative estimate of drug-likeness (QED) is 0.377. The number of nitrogens with one attached hydrogen (secondary N) is 1. The van der Waals surface area contributed by atoms with Gasteiger partial charge in [0.15, 0.2) is 5.96 Å². The molecule has 0 aliphatic carbocycles. The van der Waals surface area contributed by atoms with Gasteiger partial charge in [-0.2, -0.15) is 11.8 Å². The van der Waals surface area contributed by atoms with E-state index in [1.165, 1.54) is 22.8 Å². The first kappa shape index (κ1) is 22.2. The van der Waals surface area contributed by atoms with Crippen LogP contribution in [0.2, 0.25) is 0 Å². The van der Waals surface area contributed by atoms with Crippen molar-refractivity contribution in [3.63, 3.8) is 0 Å². The minimum Gasteiger partial charge on any atom is -0.382 e. The Kier molecular flexibility index (Phi) is 9.44. The third kappa shape index (κ3) is 7.08. The number of likely N-dealkylation sites (tertiary alicyclic amines) is 1. The molecule has 3 rings (SSSR count). The van der Waals surface area contributed by atoms with Crippen LogP contribution in [0.25, 0.3) is 0 Å². The molecule has 1 aromatic carbocycles. The monoisotopic (exact) mass is 420 g/mol. The van der Waals surface area contributed by atoms with Crippen LogP contribution < -0.4 is 10.2 Å². The number of rotatable bonds is 9. The second-order valence-electron chi connectivity index (χ2n) is 7.60. The molecule has 1 N–H and O–H groups in total. The number of hydrogen-bond acceptors (Lipinski definition) is 5. The summed E-state index contributed by atoms with van der Waals surface area (Å²) in [6.07, 6.45) is 1.15. The van der Waals surface area contributed by atoms with Crippen molar-refractivity contribution in [2.45, 2.75) is 19.9 Å². The lowest BCUT2D eigenvalue weighted by atomic mass is 10.1. The summed E-state index contributed by atoms with van der Waals surface area (Å²) in [5.74, 6) is 4.04. The van der Waals surface area contributed by atoms with E-state index in [9.17, 15) is 0 Å². The molecule has 2 heterocycles. The first-order valence-corrected chi connectivity index (χ1v) is 12.0. The second-order valence-corrected chi connectivity index (χ2v) is 8.83. The highest BCUT2D eigenvalue weighted by atomic mass is 32.2. The molecule has 6 nitrogen and oxygen atoms in total. The molecule has 2 aliphatic rings. The molecule has 0 saturated carbocycles. The molecule has 7 heteroatoms. The molecule has 1 atom stereocenters. The molecule has 2 fully saturated rings. The zero-order valence-electron chi connectivity index (χ0n) is 17.9. The SMILES string of the molecule is CCNC(=NCc1ccc(N2CCSCC2)cc1)N1CCC(COCCOC)C1. The number of guanidine groups is 1. The summed E-state index contributed by atoms with van der Waals surface area (Å²) in [7, 11) is 1.71. The predicted molar refractivity (Wildman–Crippen MR) is 123 cm³/mol. The van der Waals surface area contributed by atoms with Crippen LogP contribution in [-0.4, -0.2) is 82.0 Å². The first-order chi connectivity index (χ1) is 14.3. The maximum absolute atomic E-state index is 5.72. The Morgan fingerprint density at radius 1 is 1.17 bits per heavy atom. The fraction of sp³-hybridized carbons (Fsp3) is 0.682. The van der Waals surface area contributed by atoms with Crippen LogP contribution in [0.15, 0.2) is 29.3 Å². The predicted octanol–water partition coefficient (Wildman–Crippen LogP) is 2.69. The molecule has 0 bridgehead atoms. The van der Waals surface area contributed by atoms with E-state index in [0.29, 0.717) is 25.7 Å². The zero-order chi connectivity index (χ0) is 20.3. The molecule has 0 radical (unpaired) electrons. The van der Waals surface area contributed by atoms with Gasteiger partial charge in [-0.25, -0.2) is 4.99 Å². The summed E-state index contributed by atoms with van der Waals surface area (Å²) in [4.78, 5) is 9.75. The van der Waals surface area contributed by atoms with Crippen molar-refractivity contribution in [3.05, 3.63) is 29.8 Å². The Morgan fingerprint density at radius 2 is 1.97 bits per heavy atom. The van der Waals surface area contributed by atoms with Crippen LogP contribution in [0.1, 0.15) is 18.9 Å². The van der Waals surface area contributed by atoms with E-state index in [2.05, 4.69) is 46.3 Å². The van der Waals surface area contributed by atoms with Gasteiger partial charge in [0.1, 0.15) is 0 Å². The number of benzene rings is 1. The summed E-state index contributed by atoms with van der Waals surface area (Å²) in [5.41, 5.74) is 2.59. The fourth-order valence-corrected chi connectivity index (χ4v) is 4.68. The number of aliphatic imine (C=N–C) groups is 1. The number of thioether (sulfide) groups is 1. The summed E-state index contributed by atoms with van der Waals surface area (Å²) in [6, 6.07) is 8.94. The van der Waals surface area contributed by atoms with Gasteiger partial charge >= 0.3 is 0 Å². The van der Waals surface area contributed by atoms with Crippen molar-refractivity contribution in [1.29, 1.82) is 0 Å². The van der Waals surface area contributed by atoms with E-state index >= 15 is 0 Å². The van der Waals surface area contributed by atoms with E-state index in [0.717, 1.165) is 51.7 Å². The Balaban J connectivity index is 1.51. The van der Waals surface area contributed by atoms with Crippen molar-refractivity contribution in [3.8, 4) is 0 Å². The smallest absolute Gasteiger partial charge is 0.194 e. The lowest BCUT2D eigenvalue weighted by Crippen LogP contribution is -2.40. The molecule has 2 saturated heterocycles. The van der Waals surface area contributed by atoms with Crippen LogP contribution in [-0.2, 0) is 16.0 Å². The van der Waals surface area contributed by atoms with E-state index in [1.807, 2.05) is 11.8 Å². The molecule has 2 aliphatic heterocycles. The molecule has 1 aromatic rings. The lowest BCUT2D eigenvalue weighted by Gasteiger charge is -2.28. The van der Waals surface area contributed by atoms with Crippen LogP contribution in [0.3, 0.4) is 0 Å². The zero-order valence-corrected chi connectivity index (χ0v) is 18.8. The van der Waals surface area contributed by atoms with Gasteiger partial charge in [-0.3, -0.25) is 0 Å². The van der Waals surface area contributed by atoms with Gasteiger partial charge in [-0.15, -0.1) is 0 Å². The molecule has 0 amide bonds. The van der Waals surface area contributed by atoms with Gasteiger partial charge in [0.2, 0.25) is 0 Å². The molecule has 1 unspecified atom stereocenters. The Hall–Kier alpha value is -1.44. The largest absolute Gasteiger partial charge is 0.382 e. The number of ether oxygens (including phenoxy) is 2. The molecule has 0 aromatic heterocycles. The van der Waals surface area contributed by atoms with Crippen LogP contribution in [0.4, 0.5) is 5.69 Å². The van der Waals surface area contributed by atoms with Gasteiger partial charge in [0, 0.05) is 62.9 Å².